The van der Waals surface area contributed by atoms with Gasteiger partial charge in [0.2, 0.25) is 15.9 Å². The second kappa shape index (κ2) is 8.59. The molecule has 6 nitrogen and oxygen atoms in total. The van der Waals surface area contributed by atoms with Gasteiger partial charge in [-0.1, -0.05) is 13.3 Å². The van der Waals surface area contributed by atoms with Crippen LogP contribution in [-0.2, 0) is 19.6 Å². The third-order valence-corrected chi connectivity index (χ3v) is 4.79. The third-order valence-electron chi connectivity index (χ3n) is 3.48. The highest BCUT2D eigenvalue weighted by Crippen LogP contribution is 2.14. The fourth-order valence-electron chi connectivity index (χ4n) is 2.19. The number of sulfonamides is 1. The molecule has 1 amide bonds. The number of nitrogens with zero attached hydrogens (tertiary/aromatic N) is 1. The van der Waals surface area contributed by atoms with Crippen LogP contribution < -0.4 is 5.32 Å². The Morgan fingerprint density at radius 3 is 2.50 bits per heavy atom. The van der Waals surface area contributed by atoms with Crippen molar-refractivity contribution in [3.63, 3.8) is 0 Å². The number of unbranched alkanes of at least 4 members (excludes halogenated alkanes) is 1. The monoisotopic (exact) mass is 306 g/mol. The maximum Gasteiger partial charge on any atom is 0.223 e. The van der Waals surface area contributed by atoms with E-state index < -0.39 is 10.0 Å². The fraction of sp³-hybridized carbons (Fsp3) is 0.923. The summed E-state index contributed by atoms with van der Waals surface area (Å²) in [5, 5.41) is 2.83. The van der Waals surface area contributed by atoms with Crippen LogP contribution in [-0.4, -0.2) is 57.7 Å². The van der Waals surface area contributed by atoms with Crippen LogP contribution in [0.2, 0.25) is 0 Å². The predicted octanol–water partition coefficient (Wildman–Crippen LogP) is 0.591. The Balaban J connectivity index is 2.34. The van der Waals surface area contributed by atoms with Crippen LogP contribution in [0.15, 0.2) is 0 Å². The zero-order valence-corrected chi connectivity index (χ0v) is 13.2. The van der Waals surface area contributed by atoms with Gasteiger partial charge in [0.15, 0.2) is 0 Å². The van der Waals surface area contributed by atoms with Crippen LogP contribution in [0, 0.1) is 5.92 Å². The van der Waals surface area contributed by atoms with Crippen molar-refractivity contribution in [2.24, 2.45) is 5.92 Å². The Labute approximate surface area is 121 Å². The standard InChI is InChI=1S/C13H26N2O4S/c1-3-4-8-15(20(2,17)18)9-7-14-13(16)12-5-10-19-11-6-12/h12H,3-11H2,1-2H3,(H,14,16). The van der Waals surface area contributed by atoms with Crippen LogP contribution in [0.25, 0.3) is 0 Å². The first-order valence-corrected chi connectivity index (χ1v) is 9.10. The SMILES string of the molecule is CCCCN(CCNC(=O)C1CCOCC1)S(C)(=O)=O. The lowest BCUT2D eigenvalue weighted by molar-refractivity contribution is -0.127. The highest BCUT2D eigenvalue weighted by atomic mass is 32.2. The number of hydrogen-bond acceptors (Lipinski definition) is 4. The Bertz CT molecular complexity index is 391. The number of hydrogen-bond donors (Lipinski definition) is 1. The number of carbonyl (C=O) groups is 1. The van der Waals surface area contributed by atoms with E-state index in [9.17, 15) is 13.2 Å². The summed E-state index contributed by atoms with van der Waals surface area (Å²) in [4.78, 5) is 11.9. The molecule has 20 heavy (non-hydrogen) atoms. The van der Waals surface area contributed by atoms with Crippen molar-refractivity contribution in [3.8, 4) is 0 Å². The zero-order valence-electron chi connectivity index (χ0n) is 12.4. The molecule has 118 valence electrons. The third kappa shape index (κ3) is 6.19. The average Bonchev–Trinajstić information content (AvgIpc) is 2.42. The minimum absolute atomic E-state index is 0.00563. The smallest absolute Gasteiger partial charge is 0.223 e. The van der Waals surface area contributed by atoms with Crippen molar-refractivity contribution in [3.05, 3.63) is 0 Å². The van der Waals surface area contributed by atoms with E-state index in [0.29, 0.717) is 32.8 Å². The van der Waals surface area contributed by atoms with Crippen LogP contribution in [0.3, 0.4) is 0 Å². The van der Waals surface area contributed by atoms with E-state index in [1.54, 1.807) is 0 Å². The quantitative estimate of drug-likeness (QED) is 0.712. The summed E-state index contributed by atoms with van der Waals surface area (Å²) in [6.45, 7) is 4.50. The molecule has 0 unspecified atom stereocenters. The Hall–Kier alpha value is -0.660. The molecule has 0 atom stereocenters. The molecule has 1 fully saturated rings. The topological polar surface area (TPSA) is 75.7 Å². The number of amides is 1. The first kappa shape index (κ1) is 17.4. The van der Waals surface area contributed by atoms with E-state index in [-0.39, 0.29) is 11.8 Å². The van der Waals surface area contributed by atoms with E-state index in [2.05, 4.69) is 5.32 Å². The molecule has 0 aromatic heterocycles. The van der Waals surface area contributed by atoms with Crippen molar-refractivity contribution >= 4 is 15.9 Å². The molecule has 0 bridgehead atoms. The summed E-state index contributed by atoms with van der Waals surface area (Å²) >= 11 is 0. The highest BCUT2D eigenvalue weighted by molar-refractivity contribution is 7.88. The summed E-state index contributed by atoms with van der Waals surface area (Å²) in [6, 6.07) is 0. The lowest BCUT2D eigenvalue weighted by Gasteiger charge is -2.23. The molecule has 0 saturated carbocycles. The van der Waals surface area contributed by atoms with E-state index in [1.807, 2.05) is 6.92 Å². The molecule has 0 aliphatic carbocycles. The highest BCUT2D eigenvalue weighted by Gasteiger charge is 2.22. The molecule has 1 saturated heterocycles. The van der Waals surface area contributed by atoms with E-state index >= 15 is 0 Å². The van der Waals surface area contributed by atoms with Gasteiger partial charge in [-0.05, 0) is 19.3 Å². The van der Waals surface area contributed by atoms with Gasteiger partial charge in [-0.25, -0.2) is 12.7 Å². The van der Waals surface area contributed by atoms with E-state index in [0.717, 1.165) is 25.7 Å². The maximum atomic E-state index is 11.9. The van der Waals surface area contributed by atoms with Gasteiger partial charge in [0.1, 0.15) is 0 Å². The average molecular weight is 306 g/mol. The molecule has 0 radical (unpaired) electrons. The van der Waals surface area contributed by atoms with E-state index in [4.69, 9.17) is 4.74 Å². The molecule has 0 aromatic rings. The Kier molecular flexibility index (Phi) is 7.47. The summed E-state index contributed by atoms with van der Waals surface area (Å²) in [7, 11) is -3.20. The number of nitrogens with one attached hydrogen (secondary N) is 1. The van der Waals surface area contributed by atoms with Gasteiger partial charge < -0.3 is 10.1 Å². The van der Waals surface area contributed by atoms with Crippen molar-refractivity contribution in [1.29, 1.82) is 0 Å². The number of carbonyl (C=O) groups excluding carboxylic acids is 1. The van der Waals surface area contributed by atoms with Gasteiger partial charge in [-0.2, -0.15) is 0 Å². The molecule has 7 heteroatoms. The fourth-order valence-corrected chi connectivity index (χ4v) is 3.07. The van der Waals surface area contributed by atoms with Gasteiger partial charge in [-0.3, -0.25) is 4.79 Å². The van der Waals surface area contributed by atoms with Crippen molar-refractivity contribution < 1.29 is 17.9 Å². The number of ether oxygens (including phenoxy) is 1. The van der Waals surface area contributed by atoms with Crippen LogP contribution >= 0.6 is 0 Å². The minimum atomic E-state index is -3.20. The van der Waals surface area contributed by atoms with E-state index in [1.165, 1.54) is 10.6 Å². The molecular weight excluding hydrogens is 280 g/mol. The Morgan fingerprint density at radius 2 is 1.95 bits per heavy atom. The lowest BCUT2D eigenvalue weighted by atomic mass is 9.99. The first-order valence-electron chi connectivity index (χ1n) is 7.25. The second-order valence-electron chi connectivity index (χ2n) is 5.19. The molecule has 0 aromatic carbocycles. The maximum absolute atomic E-state index is 11.9. The molecular formula is C13H26N2O4S. The molecule has 1 N–H and O–H groups in total. The summed E-state index contributed by atoms with van der Waals surface area (Å²) in [5.74, 6) is 0.0170. The number of rotatable bonds is 8. The molecule has 1 heterocycles. The largest absolute Gasteiger partial charge is 0.381 e. The van der Waals surface area contributed by atoms with Gasteiger partial charge in [-0.15, -0.1) is 0 Å². The van der Waals surface area contributed by atoms with Crippen molar-refractivity contribution in [2.75, 3.05) is 39.1 Å². The van der Waals surface area contributed by atoms with Gasteiger partial charge in [0, 0.05) is 38.8 Å². The predicted molar refractivity (Wildman–Crippen MR) is 77.9 cm³/mol. The zero-order chi connectivity index (χ0) is 15.0. The van der Waals surface area contributed by atoms with Crippen LogP contribution in [0.1, 0.15) is 32.6 Å². The second-order valence-corrected chi connectivity index (χ2v) is 7.18. The molecule has 1 aliphatic heterocycles. The lowest BCUT2D eigenvalue weighted by Crippen LogP contribution is -2.41. The van der Waals surface area contributed by atoms with Gasteiger partial charge in [0.25, 0.3) is 0 Å². The first-order chi connectivity index (χ1) is 9.45. The molecule has 1 aliphatic rings. The van der Waals surface area contributed by atoms with Crippen molar-refractivity contribution in [1.82, 2.24) is 9.62 Å². The normalized spacial score (nSPS) is 17.4. The molecule has 0 spiro atoms. The van der Waals surface area contributed by atoms with Crippen LogP contribution in [0.4, 0.5) is 0 Å². The summed E-state index contributed by atoms with van der Waals surface area (Å²) in [5.41, 5.74) is 0. The van der Waals surface area contributed by atoms with Crippen LogP contribution in [0.5, 0.6) is 0 Å². The summed E-state index contributed by atoms with van der Waals surface area (Å²) in [6.07, 6.45) is 4.49. The van der Waals surface area contributed by atoms with Gasteiger partial charge in [0.05, 0.1) is 6.26 Å². The Morgan fingerprint density at radius 1 is 1.30 bits per heavy atom. The minimum Gasteiger partial charge on any atom is -0.381 e. The van der Waals surface area contributed by atoms with Gasteiger partial charge >= 0.3 is 0 Å². The molecule has 1 rings (SSSR count). The summed E-state index contributed by atoms with van der Waals surface area (Å²) < 4.78 is 29.9. The van der Waals surface area contributed by atoms with Crippen molar-refractivity contribution in [2.45, 2.75) is 32.6 Å².